The average molecular weight is 494 g/mol. The minimum atomic E-state index is -4.49. The summed E-state index contributed by atoms with van der Waals surface area (Å²) in [4.78, 5) is 19.4. The lowest BCUT2D eigenvalue weighted by atomic mass is 10.0. The molecule has 5 nitrogen and oxygen atoms in total. The topological polar surface area (TPSA) is 53.9 Å². The van der Waals surface area contributed by atoms with E-state index in [9.17, 15) is 18.0 Å². The average Bonchev–Trinajstić information content (AvgIpc) is 3.16. The summed E-state index contributed by atoms with van der Waals surface area (Å²) >= 11 is 0. The van der Waals surface area contributed by atoms with Crippen LogP contribution in [0.15, 0.2) is 77.8 Å². The van der Waals surface area contributed by atoms with E-state index in [1.165, 1.54) is 29.9 Å². The monoisotopic (exact) mass is 493 g/mol. The molecule has 1 atom stereocenters. The summed E-state index contributed by atoms with van der Waals surface area (Å²) in [5.41, 5.74) is 1.15. The number of anilines is 2. The molecular weight excluding hydrogens is 467 g/mol. The second kappa shape index (κ2) is 10.1. The molecule has 0 radical (unpaired) electrons. The molecule has 1 unspecified atom stereocenters. The number of halogens is 3. The number of piperidine rings is 1. The summed E-state index contributed by atoms with van der Waals surface area (Å²) in [6.45, 7) is 1.61. The number of nitrogens with zero attached hydrogens (tertiary/aromatic N) is 2. The molecule has 2 aliphatic heterocycles. The maximum absolute atomic E-state index is 13.5. The highest BCUT2D eigenvalue weighted by molar-refractivity contribution is 6.56. The van der Waals surface area contributed by atoms with Gasteiger partial charge in [-0.2, -0.15) is 13.2 Å². The molecule has 0 bridgehead atoms. The summed E-state index contributed by atoms with van der Waals surface area (Å²) in [6.07, 6.45) is 0.00504. The Morgan fingerprint density at radius 2 is 1.83 bits per heavy atom. The lowest BCUT2D eigenvalue weighted by molar-refractivity contribution is -0.137. The second-order valence-electron chi connectivity index (χ2n) is 8.95. The van der Waals surface area contributed by atoms with Gasteiger partial charge in [-0.1, -0.05) is 36.8 Å². The van der Waals surface area contributed by atoms with Crippen LogP contribution in [0.4, 0.5) is 30.2 Å². The van der Waals surface area contributed by atoms with Crippen LogP contribution >= 0.6 is 0 Å². The van der Waals surface area contributed by atoms with E-state index in [0.717, 1.165) is 31.5 Å². The zero-order valence-corrected chi connectivity index (χ0v) is 19.6. The molecule has 3 aromatic rings. The van der Waals surface area contributed by atoms with Gasteiger partial charge in [0.1, 0.15) is 11.5 Å². The Balaban J connectivity index is 1.40. The molecule has 2 heterocycles. The molecule has 0 spiro atoms. The predicted octanol–water partition coefficient (Wildman–Crippen LogP) is 6.42. The third-order valence-corrected chi connectivity index (χ3v) is 6.44. The van der Waals surface area contributed by atoms with Crippen LogP contribution in [0.25, 0.3) is 0 Å². The zero-order chi connectivity index (χ0) is 25.1. The fourth-order valence-electron chi connectivity index (χ4n) is 4.65. The molecule has 1 saturated heterocycles. The van der Waals surface area contributed by atoms with E-state index in [4.69, 9.17) is 4.74 Å². The van der Waals surface area contributed by atoms with Crippen LogP contribution in [0.2, 0.25) is 0 Å². The number of nitrogens with one attached hydrogen (secondary N) is 1. The van der Waals surface area contributed by atoms with Gasteiger partial charge in [0.15, 0.2) is 0 Å². The number of carbonyl (C=O) groups is 1. The van der Waals surface area contributed by atoms with Crippen LogP contribution < -0.4 is 15.0 Å². The number of carbonyl (C=O) groups excluding carboxylic acids is 1. The maximum atomic E-state index is 13.5. The van der Waals surface area contributed by atoms with Gasteiger partial charge in [-0.05, 0) is 62.2 Å². The molecule has 0 aromatic heterocycles. The lowest BCUT2D eigenvalue weighted by Crippen LogP contribution is -2.35. The molecular formula is C28H26F3N3O2. The van der Waals surface area contributed by atoms with Gasteiger partial charge in [0, 0.05) is 17.7 Å². The number of aliphatic imine (C=N–C) groups is 1. The van der Waals surface area contributed by atoms with Gasteiger partial charge in [0.05, 0.1) is 29.2 Å². The molecule has 36 heavy (non-hydrogen) atoms. The molecule has 1 N–H and O–H groups in total. The minimum absolute atomic E-state index is 0.0678. The third-order valence-electron chi connectivity index (χ3n) is 6.44. The smallest absolute Gasteiger partial charge is 0.416 e. The summed E-state index contributed by atoms with van der Waals surface area (Å²) in [5.74, 6) is 0.244. The van der Waals surface area contributed by atoms with Gasteiger partial charge in [-0.25, -0.2) is 4.99 Å². The van der Waals surface area contributed by atoms with Crippen molar-refractivity contribution in [2.75, 3.05) is 18.1 Å². The van der Waals surface area contributed by atoms with Crippen LogP contribution in [-0.4, -0.2) is 30.8 Å². The van der Waals surface area contributed by atoms with Crippen molar-refractivity contribution in [1.82, 2.24) is 5.32 Å². The fraction of sp³-hybridized carbons (Fsp3) is 0.286. The quantitative estimate of drug-likeness (QED) is 0.431. The number of rotatable bonds is 6. The Hall–Kier alpha value is -3.65. The third kappa shape index (κ3) is 5.14. The minimum Gasteiger partial charge on any atom is -0.493 e. The summed E-state index contributed by atoms with van der Waals surface area (Å²) in [5, 5.41) is 3.51. The number of alkyl halides is 3. The molecule has 5 rings (SSSR count). The van der Waals surface area contributed by atoms with E-state index in [1.54, 1.807) is 30.3 Å². The first kappa shape index (κ1) is 24.1. The summed E-state index contributed by atoms with van der Waals surface area (Å²) < 4.78 is 45.5. The standard InChI is InChI=1S/C28H26F3N3O2/c29-28(30,31)19-7-5-9-21(17-19)33-26-24-12-1-2-13-25(24)34(27(26)35)22-10-6-11-23(18-22)36-16-14-20-8-3-4-15-32-20/h1-2,5-7,9-13,17-18,20,32H,3-4,8,14-16H2. The van der Waals surface area contributed by atoms with Gasteiger partial charge in [-0.3, -0.25) is 9.69 Å². The number of benzene rings is 3. The maximum Gasteiger partial charge on any atom is 0.416 e. The van der Waals surface area contributed by atoms with E-state index >= 15 is 0 Å². The van der Waals surface area contributed by atoms with Crippen LogP contribution in [0, 0.1) is 0 Å². The first-order valence-corrected chi connectivity index (χ1v) is 12.1. The van der Waals surface area contributed by atoms with Gasteiger partial charge in [0.2, 0.25) is 0 Å². The van der Waals surface area contributed by atoms with E-state index in [0.29, 0.717) is 35.3 Å². The van der Waals surface area contributed by atoms with Gasteiger partial charge in [-0.15, -0.1) is 0 Å². The van der Waals surface area contributed by atoms with Crippen molar-refractivity contribution in [3.63, 3.8) is 0 Å². The Labute approximate surface area is 207 Å². The van der Waals surface area contributed by atoms with Crippen molar-refractivity contribution < 1.29 is 22.7 Å². The molecule has 0 saturated carbocycles. The number of amides is 1. The van der Waals surface area contributed by atoms with Crippen LogP contribution in [0.1, 0.15) is 36.8 Å². The highest BCUT2D eigenvalue weighted by Crippen LogP contribution is 2.38. The van der Waals surface area contributed by atoms with Crippen LogP contribution in [0.5, 0.6) is 5.75 Å². The Kier molecular flexibility index (Phi) is 6.78. The molecule has 1 amide bonds. The summed E-state index contributed by atoms with van der Waals surface area (Å²) in [7, 11) is 0. The number of hydrogen-bond donors (Lipinski definition) is 1. The largest absolute Gasteiger partial charge is 0.493 e. The van der Waals surface area contributed by atoms with Crippen LogP contribution in [-0.2, 0) is 11.0 Å². The van der Waals surface area contributed by atoms with Crippen molar-refractivity contribution in [1.29, 1.82) is 0 Å². The van der Waals surface area contributed by atoms with Gasteiger partial charge >= 0.3 is 6.18 Å². The van der Waals surface area contributed by atoms with E-state index < -0.39 is 17.6 Å². The number of fused-ring (bicyclic) bond motifs is 1. The zero-order valence-electron chi connectivity index (χ0n) is 19.6. The van der Waals surface area contributed by atoms with E-state index in [1.807, 2.05) is 18.2 Å². The van der Waals surface area contributed by atoms with Gasteiger partial charge in [0.25, 0.3) is 5.91 Å². The lowest BCUT2D eigenvalue weighted by Gasteiger charge is -2.23. The predicted molar refractivity (Wildman–Crippen MR) is 133 cm³/mol. The normalized spacial score (nSPS) is 19.0. The fourth-order valence-corrected chi connectivity index (χ4v) is 4.65. The highest BCUT2D eigenvalue weighted by Gasteiger charge is 2.35. The van der Waals surface area contributed by atoms with Gasteiger partial charge < -0.3 is 10.1 Å². The Morgan fingerprint density at radius 1 is 1.00 bits per heavy atom. The van der Waals surface area contributed by atoms with Crippen LogP contribution in [0.3, 0.4) is 0 Å². The Bertz CT molecular complexity index is 1280. The first-order chi connectivity index (χ1) is 17.4. The molecule has 0 aliphatic carbocycles. The molecule has 2 aliphatic rings. The molecule has 8 heteroatoms. The van der Waals surface area contributed by atoms with Crippen molar-refractivity contribution >= 4 is 28.7 Å². The number of ether oxygens (including phenoxy) is 1. The highest BCUT2D eigenvalue weighted by atomic mass is 19.4. The molecule has 1 fully saturated rings. The Morgan fingerprint density at radius 3 is 2.64 bits per heavy atom. The van der Waals surface area contributed by atoms with Crippen molar-refractivity contribution in [2.24, 2.45) is 4.99 Å². The molecule has 3 aromatic carbocycles. The summed E-state index contributed by atoms with van der Waals surface area (Å²) in [6, 6.07) is 19.5. The molecule has 186 valence electrons. The number of para-hydroxylation sites is 1. The van der Waals surface area contributed by atoms with Crippen molar-refractivity contribution in [3.05, 3.63) is 83.9 Å². The second-order valence-corrected chi connectivity index (χ2v) is 8.95. The van der Waals surface area contributed by atoms with E-state index in [-0.39, 0.29) is 11.4 Å². The van der Waals surface area contributed by atoms with Crippen molar-refractivity contribution in [3.8, 4) is 5.75 Å². The first-order valence-electron chi connectivity index (χ1n) is 12.1. The SMILES string of the molecule is O=C1C(=Nc2cccc(C(F)(F)F)c2)c2ccccc2N1c1cccc(OCCC2CCCCN2)c1. The number of hydrogen-bond acceptors (Lipinski definition) is 4. The van der Waals surface area contributed by atoms with E-state index in [2.05, 4.69) is 10.3 Å². The van der Waals surface area contributed by atoms with Crippen molar-refractivity contribution in [2.45, 2.75) is 37.9 Å².